The highest BCUT2D eigenvalue weighted by Crippen LogP contribution is 2.44. The summed E-state index contributed by atoms with van der Waals surface area (Å²) in [5, 5.41) is 1.09. The van der Waals surface area contributed by atoms with Crippen molar-refractivity contribution in [2.24, 2.45) is 17.1 Å². The maximum Gasteiger partial charge on any atom is 0.221 e. The van der Waals surface area contributed by atoms with Gasteiger partial charge in [0.25, 0.3) is 0 Å². The second-order valence-corrected chi connectivity index (χ2v) is 6.50. The first-order valence-electron chi connectivity index (χ1n) is 6.66. The van der Waals surface area contributed by atoms with E-state index in [4.69, 9.17) is 5.73 Å². The van der Waals surface area contributed by atoms with E-state index in [2.05, 4.69) is 27.8 Å². The van der Waals surface area contributed by atoms with Crippen LogP contribution in [-0.4, -0.2) is 35.3 Å². The largest absolute Gasteiger partial charge is 0.369 e. The van der Waals surface area contributed by atoms with Gasteiger partial charge in [-0.15, -0.1) is 0 Å². The highest BCUT2D eigenvalue weighted by Gasteiger charge is 2.40. The van der Waals surface area contributed by atoms with Crippen LogP contribution in [0.2, 0.25) is 0 Å². The number of amides is 1. The Morgan fingerprint density at radius 1 is 1.47 bits per heavy atom. The summed E-state index contributed by atoms with van der Waals surface area (Å²) in [6, 6.07) is 0.599. The fraction of sp³-hybridized carbons (Fsp3) is 0.923. The lowest BCUT2D eigenvalue weighted by atomic mass is 9.69. The van der Waals surface area contributed by atoms with E-state index in [9.17, 15) is 4.79 Å². The van der Waals surface area contributed by atoms with Gasteiger partial charge < -0.3 is 5.73 Å². The second-order valence-electron chi connectivity index (χ2n) is 5.94. The summed E-state index contributed by atoms with van der Waals surface area (Å²) >= 11 is 3.66. The number of rotatable bonds is 4. The Morgan fingerprint density at radius 2 is 2.18 bits per heavy atom. The molecule has 0 aromatic carbocycles. The third-order valence-electron chi connectivity index (χ3n) is 4.65. The molecule has 0 radical (unpaired) electrons. The number of alkyl halides is 1. The SMILES string of the molecule is CC1CCC(C(N)=O)CN1CC1(CBr)CCC1. The predicted octanol–water partition coefficient (Wildman–Crippen LogP) is 2.14. The number of halogens is 1. The number of piperidine rings is 1. The summed E-state index contributed by atoms with van der Waals surface area (Å²) in [5.74, 6) is -0.0537. The van der Waals surface area contributed by atoms with Gasteiger partial charge in [-0.25, -0.2) is 0 Å². The zero-order valence-electron chi connectivity index (χ0n) is 10.6. The Balaban J connectivity index is 1.95. The Bertz CT molecular complexity index is 286. The minimum Gasteiger partial charge on any atom is -0.369 e. The van der Waals surface area contributed by atoms with E-state index < -0.39 is 0 Å². The predicted molar refractivity (Wildman–Crippen MR) is 73.0 cm³/mol. The Kier molecular flexibility index (Phi) is 4.14. The molecule has 2 fully saturated rings. The molecular formula is C13H23BrN2O. The average molecular weight is 303 g/mol. The van der Waals surface area contributed by atoms with E-state index in [1.54, 1.807) is 0 Å². The second kappa shape index (κ2) is 5.27. The van der Waals surface area contributed by atoms with Gasteiger partial charge in [-0.05, 0) is 38.0 Å². The van der Waals surface area contributed by atoms with Crippen LogP contribution in [0.25, 0.3) is 0 Å². The van der Waals surface area contributed by atoms with Gasteiger partial charge in [0, 0.05) is 24.5 Å². The third kappa shape index (κ3) is 2.84. The molecule has 0 aromatic heterocycles. The number of nitrogens with zero attached hydrogens (tertiary/aromatic N) is 1. The fourth-order valence-electron chi connectivity index (χ4n) is 3.07. The number of carbonyl (C=O) groups excluding carboxylic acids is 1. The first kappa shape index (κ1) is 13.3. The normalized spacial score (nSPS) is 33.1. The van der Waals surface area contributed by atoms with Crippen molar-refractivity contribution in [2.45, 2.75) is 45.1 Å². The monoisotopic (exact) mass is 302 g/mol. The van der Waals surface area contributed by atoms with Crippen molar-refractivity contribution in [1.82, 2.24) is 4.90 Å². The zero-order chi connectivity index (χ0) is 12.5. The fourth-order valence-corrected chi connectivity index (χ4v) is 3.81. The van der Waals surface area contributed by atoms with Crippen LogP contribution in [0.4, 0.5) is 0 Å². The lowest BCUT2D eigenvalue weighted by Crippen LogP contribution is -2.52. The number of hydrogen-bond donors (Lipinski definition) is 1. The van der Waals surface area contributed by atoms with E-state index >= 15 is 0 Å². The molecule has 2 atom stereocenters. The average Bonchev–Trinajstić information content (AvgIpc) is 2.25. The molecular weight excluding hydrogens is 280 g/mol. The molecule has 2 aliphatic rings. The number of carbonyl (C=O) groups is 1. The molecule has 98 valence electrons. The van der Waals surface area contributed by atoms with Crippen molar-refractivity contribution in [2.75, 3.05) is 18.4 Å². The first-order chi connectivity index (χ1) is 8.06. The molecule has 2 unspecified atom stereocenters. The quantitative estimate of drug-likeness (QED) is 0.809. The van der Waals surface area contributed by atoms with Crippen LogP contribution >= 0.6 is 15.9 Å². The minimum absolute atomic E-state index is 0.0682. The van der Waals surface area contributed by atoms with Crippen LogP contribution in [-0.2, 0) is 4.79 Å². The summed E-state index contributed by atoms with van der Waals surface area (Å²) in [6.45, 7) is 4.27. The molecule has 1 aliphatic heterocycles. The Morgan fingerprint density at radius 3 is 2.65 bits per heavy atom. The van der Waals surface area contributed by atoms with Crippen molar-refractivity contribution in [1.29, 1.82) is 0 Å². The van der Waals surface area contributed by atoms with Gasteiger partial charge in [0.2, 0.25) is 5.91 Å². The van der Waals surface area contributed by atoms with Gasteiger partial charge in [-0.3, -0.25) is 9.69 Å². The van der Waals surface area contributed by atoms with E-state index in [0.717, 1.165) is 31.3 Å². The molecule has 1 saturated carbocycles. The number of likely N-dealkylation sites (tertiary alicyclic amines) is 1. The summed E-state index contributed by atoms with van der Waals surface area (Å²) in [7, 11) is 0. The molecule has 1 aliphatic carbocycles. The van der Waals surface area contributed by atoms with E-state index in [1.807, 2.05) is 0 Å². The van der Waals surface area contributed by atoms with Crippen LogP contribution < -0.4 is 5.73 Å². The molecule has 1 heterocycles. The molecule has 0 bridgehead atoms. The maximum atomic E-state index is 11.3. The van der Waals surface area contributed by atoms with Crippen molar-refractivity contribution >= 4 is 21.8 Å². The van der Waals surface area contributed by atoms with E-state index in [-0.39, 0.29) is 11.8 Å². The van der Waals surface area contributed by atoms with Crippen molar-refractivity contribution < 1.29 is 4.79 Å². The molecule has 17 heavy (non-hydrogen) atoms. The molecule has 2 N–H and O–H groups in total. The van der Waals surface area contributed by atoms with Crippen molar-refractivity contribution in [3.8, 4) is 0 Å². The lowest BCUT2D eigenvalue weighted by Gasteiger charge is -2.47. The molecule has 0 aromatic rings. The smallest absolute Gasteiger partial charge is 0.221 e. The summed E-state index contributed by atoms with van der Waals surface area (Å²) in [5.41, 5.74) is 5.91. The maximum absolute atomic E-state index is 11.3. The van der Waals surface area contributed by atoms with Gasteiger partial charge in [0.15, 0.2) is 0 Å². The van der Waals surface area contributed by atoms with Crippen LogP contribution in [0.5, 0.6) is 0 Å². The van der Waals surface area contributed by atoms with Gasteiger partial charge in [-0.2, -0.15) is 0 Å². The lowest BCUT2D eigenvalue weighted by molar-refractivity contribution is -0.124. The molecule has 1 amide bonds. The molecule has 3 nitrogen and oxygen atoms in total. The minimum atomic E-state index is -0.122. The van der Waals surface area contributed by atoms with Crippen molar-refractivity contribution in [3.63, 3.8) is 0 Å². The zero-order valence-corrected chi connectivity index (χ0v) is 12.2. The number of primary amides is 1. The highest BCUT2D eigenvalue weighted by molar-refractivity contribution is 9.09. The van der Waals surface area contributed by atoms with Crippen LogP contribution in [0.3, 0.4) is 0 Å². The van der Waals surface area contributed by atoms with Crippen molar-refractivity contribution in [3.05, 3.63) is 0 Å². The van der Waals surface area contributed by atoms with Crippen LogP contribution in [0.1, 0.15) is 39.0 Å². The van der Waals surface area contributed by atoms with Gasteiger partial charge in [0.05, 0.1) is 5.92 Å². The van der Waals surface area contributed by atoms with E-state index in [1.165, 1.54) is 19.3 Å². The number of nitrogens with two attached hydrogens (primary N) is 1. The summed E-state index contributed by atoms with van der Waals surface area (Å²) in [6.07, 6.45) is 6.07. The summed E-state index contributed by atoms with van der Waals surface area (Å²) in [4.78, 5) is 13.8. The molecule has 4 heteroatoms. The topological polar surface area (TPSA) is 46.3 Å². The third-order valence-corrected chi connectivity index (χ3v) is 5.84. The standard InChI is InChI=1S/C13H23BrN2O/c1-10-3-4-11(12(15)17)7-16(10)9-13(8-14)5-2-6-13/h10-11H,2-9H2,1H3,(H2,15,17). The van der Waals surface area contributed by atoms with E-state index in [0.29, 0.717) is 11.5 Å². The molecule has 0 spiro atoms. The van der Waals surface area contributed by atoms with Gasteiger partial charge in [-0.1, -0.05) is 22.4 Å². The first-order valence-corrected chi connectivity index (χ1v) is 7.78. The van der Waals surface area contributed by atoms with Crippen LogP contribution in [0, 0.1) is 11.3 Å². The number of hydrogen-bond acceptors (Lipinski definition) is 2. The van der Waals surface area contributed by atoms with Gasteiger partial charge >= 0.3 is 0 Å². The Labute approximate surface area is 112 Å². The van der Waals surface area contributed by atoms with Gasteiger partial charge in [0.1, 0.15) is 0 Å². The summed E-state index contributed by atoms with van der Waals surface area (Å²) < 4.78 is 0. The molecule has 1 saturated heterocycles. The highest BCUT2D eigenvalue weighted by atomic mass is 79.9. The Hall–Kier alpha value is -0.0900. The molecule has 2 rings (SSSR count). The van der Waals surface area contributed by atoms with Crippen LogP contribution in [0.15, 0.2) is 0 Å².